The van der Waals surface area contributed by atoms with E-state index in [-0.39, 0.29) is 11.4 Å². The number of nitrogens with zero attached hydrogens (tertiary/aromatic N) is 1. The number of nitrogens with one attached hydrogen (secondary N) is 1. The number of carboxylic acids is 1. The lowest BCUT2D eigenvalue weighted by atomic mass is 10.2. The number of rotatable bonds is 2. The van der Waals surface area contributed by atoms with Gasteiger partial charge in [0.1, 0.15) is 4.83 Å². The van der Waals surface area contributed by atoms with Gasteiger partial charge < -0.3 is 15.8 Å². The summed E-state index contributed by atoms with van der Waals surface area (Å²) in [6, 6.07) is 7.51. The first-order valence-corrected chi connectivity index (χ1v) is 8.91. The molecule has 0 bridgehead atoms. The minimum atomic E-state index is -1.20. The zero-order chi connectivity index (χ0) is 18.0. The Hall–Kier alpha value is -2.22. The Kier molecular flexibility index (Phi) is 5.17. The van der Waals surface area contributed by atoms with Crippen molar-refractivity contribution in [2.45, 2.75) is 25.8 Å². The predicted octanol–water partition coefficient (Wildman–Crippen LogP) is 2.97. The number of nitrogens with two attached hydrogens (primary N) is 1. The van der Waals surface area contributed by atoms with Gasteiger partial charge in [0.25, 0.3) is 5.56 Å². The highest BCUT2D eigenvalue weighted by Crippen LogP contribution is 2.34. The predicted molar refractivity (Wildman–Crippen MR) is 98.6 cm³/mol. The molecule has 0 atom stereocenters. The van der Waals surface area contributed by atoms with Crippen LogP contribution in [-0.2, 0) is 19.4 Å². The van der Waals surface area contributed by atoms with E-state index >= 15 is 0 Å². The van der Waals surface area contributed by atoms with E-state index in [1.54, 1.807) is 0 Å². The van der Waals surface area contributed by atoms with Crippen molar-refractivity contribution in [3.8, 4) is 0 Å². The SMILES string of the molecule is NCc1ccc(Cl)cc1.O=C(O)c1nc2sc3c(c2c(=O)[nH]1)CCC3. The highest BCUT2D eigenvalue weighted by atomic mass is 35.5. The number of hydrogen-bond acceptors (Lipinski definition) is 5. The van der Waals surface area contributed by atoms with Crippen molar-refractivity contribution in [1.29, 1.82) is 0 Å². The number of carbonyl (C=O) groups is 1. The van der Waals surface area contributed by atoms with E-state index in [0.717, 1.165) is 35.4 Å². The van der Waals surface area contributed by atoms with Crippen molar-refractivity contribution >= 4 is 39.1 Å². The molecule has 3 aromatic rings. The van der Waals surface area contributed by atoms with Gasteiger partial charge in [-0.15, -0.1) is 11.3 Å². The summed E-state index contributed by atoms with van der Waals surface area (Å²) in [6.07, 6.45) is 2.93. The van der Waals surface area contributed by atoms with Gasteiger partial charge in [0.05, 0.1) is 5.39 Å². The van der Waals surface area contributed by atoms with Crippen molar-refractivity contribution in [2.75, 3.05) is 0 Å². The number of aromatic amines is 1. The summed E-state index contributed by atoms with van der Waals surface area (Å²) in [7, 11) is 0. The molecule has 0 fully saturated rings. The van der Waals surface area contributed by atoms with Crippen LogP contribution in [0.1, 0.15) is 33.0 Å². The van der Waals surface area contributed by atoms with Gasteiger partial charge in [-0.3, -0.25) is 4.79 Å². The topological polar surface area (TPSA) is 109 Å². The van der Waals surface area contributed by atoms with Crippen molar-refractivity contribution in [3.05, 3.63) is 61.5 Å². The van der Waals surface area contributed by atoms with Crippen LogP contribution in [0.4, 0.5) is 0 Å². The quantitative estimate of drug-likeness (QED) is 0.636. The summed E-state index contributed by atoms with van der Waals surface area (Å²) < 4.78 is 0. The summed E-state index contributed by atoms with van der Waals surface area (Å²) in [6.45, 7) is 0.581. The number of aromatic carboxylic acids is 1. The van der Waals surface area contributed by atoms with Crippen LogP contribution in [0, 0.1) is 0 Å². The summed E-state index contributed by atoms with van der Waals surface area (Å²) in [5.74, 6) is -1.48. The number of fused-ring (bicyclic) bond motifs is 3. The number of thiophene rings is 1. The first-order valence-electron chi connectivity index (χ1n) is 7.72. The molecule has 1 aromatic carbocycles. The molecule has 4 N–H and O–H groups in total. The van der Waals surface area contributed by atoms with Crippen molar-refractivity contribution < 1.29 is 9.90 Å². The van der Waals surface area contributed by atoms with Crippen LogP contribution in [0.5, 0.6) is 0 Å². The Morgan fingerprint density at radius 1 is 1.32 bits per heavy atom. The molecule has 1 aliphatic carbocycles. The van der Waals surface area contributed by atoms with Gasteiger partial charge in [-0.2, -0.15) is 0 Å². The van der Waals surface area contributed by atoms with E-state index in [1.165, 1.54) is 16.2 Å². The number of benzene rings is 1. The van der Waals surface area contributed by atoms with Crippen LogP contribution >= 0.6 is 22.9 Å². The molecule has 130 valence electrons. The third kappa shape index (κ3) is 3.73. The maximum absolute atomic E-state index is 11.8. The van der Waals surface area contributed by atoms with Crippen molar-refractivity contribution in [1.82, 2.24) is 9.97 Å². The molecule has 2 aromatic heterocycles. The number of carboxylic acid groups (broad SMARTS) is 1. The van der Waals surface area contributed by atoms with E-state index < -0.39 is 5.97 Å². The van der Waals surface area contributed by atoms with Gasteiger partial charge in [-0.1, -0.05) is 23.7 Å². The molecule has 8 heteroatoms. The summed E-state index contributed by atoms with van der Waals surface area (Å²) in [5.41, 5.74) is 7.20. The van der Waals surface area contributed by atoms with Crippen molar-refractivity contribution in [3.63, 3.8) is 0 Å². The molecule has 0 spiro atoms. The molecule has 0 amide bonds. The highest BCUT2D eigenvalue weighted by Gasteiger charge is 2.22. The summed E-state index contributed by atoms with van der Waals surface area (Å²) in [4.78, 5) is 30.5. The molecule has 4 rings (SSSR count). The third-order valence-corrected chi connectivity index (χ3v) is 5.36. The number of aryl methyl sites for hydroxylation is 2. The molecule has 0 saturated carbocycles. The smallest absolute Gasteiger partial charge is 0.372 e. The lowest BCUT2D eigenvalue weighted by Crippen LogP contribution is -2.15. The number of hydrogen-bond donors (Lipinski definition) is 3. The van der Waals surface area contributed by atoms with Gasteiger partial charge in [0.15, 0.2) is 0 Å². The third-order valence-electron chi connectivity index (χ3n) is 3.93. The van der Waals surface area contributed by atoms with E-state index in [0.29, 0.717) is 16.8 Å². The number of H-pyrrole nitrogens is 1. The lowest BCUT2D eigenvalue weighted by Gasteiger charge is -1.95. The second kappa shape index (κ2) is 7.35. The van der Waals surface area contributed by atoms with E-state index in [9.17, 15) is 9.59 Å². The highest BCUT2D eigenvalue weighted by molar-refractivity contribution is 7.18. The summed E-state index contributed by atoms with van der Waals surface area (Å²) in [5, 5.41) is 10.1. The molecule has 2 heterocycles. The first kappa shape index (κ1) is 17.6. The minimum absolute atomic E-state index is 0.280. The lowest BCUT2D eigenvalue weighted by molar-refractivity contribution is 0.0683. The molecule has 0 aliphatic heterocycles. The minimum Gasteiger partial charge on any atom is -0.475 e. The van der Waals surface area contributed by atoms with E-state index in [2.05, 4.69) is 9.97 Å². The van der Waals surface area contributed by atoms with Gasteiger partial charge in [0.2, 0.25) is 5.82 Å². The van der Waals surface area contributed by atoms with Crippen LogP contribution < -0.4 is 11.3 Å². The van der Waals surface area contributed by atoms with E-state index in [1.807, 2.05) is 24.3 Å². The van der Waals surface area contributed by atoms with Gasteiger partial charge in [-0.25, -0.2) is 9.78 Å². The fourth-order valence-corrected chi connectivity index (χ4v) is 4.11. The standard InChI is InChI=1S/C10H8N2O3S.C7H8ClN/c13-8-6-4-2-1-3-5(4)16-9(6)12-7(11-8)10(14)15;8-7-3-1-6(5-9)2-4-7/h1-3H2,(H,14,15)(H,11,12,13);1-4H,5,9H2. The zero-order valence-corrected chi connectivity index (χ0v) is 14.8. The molecule has 0 unspecified atom stereocenters. The maximum atomic E-state index is 11.8. The molecular weight excluding hydrogens is 362 g/mol. The average Bonchev–Trinajstić information content (AvgIpc) is 3.16. The second-order valence-electron chi connectivity index (χ2n) is 5.59. The Labute approximate surface area is 152 Å². The number of halogens is 1. The molecule has 25 heavy (non-hydrogen) atoms. The first-order chi connectivity index (χ1) is 12.0. The fraction of sp³-hybridized carbons (Fsp3) is 0.235. The number of aromatic nitrogens is 2. The molecular formula is C17H16ClN3O3S. The Morgan fingerprint density at radius 3 is 2.68 bits per heavy atom. The van der Waals surface area contributed by atoms with Gasteiger partial charge >= 0.3 is 5.97 Å². The Morgan fingerprint density at radius 2 is 2.04 bits per heavy atom. The Balaban J connectivity index is 0.000000173. The van der Waals surface area contributed by atoms with Crippen LogP contribution in [0.2, 0.25) is 5.02 Å². The van der Waals surface area contributed by atoms with Crippen LogP contribution in [0.3, 0.4) is 0 Å². The normalized spacial score (nSPS) is 12.6. The molecule has 0 saturated heterocycles. The molecule has 0 radical (unpaired) electrons. The van der Waals surface area contributed by atoms with Gasteiger partial charge in [0, 0.05) is 16.4 Å². The van der Waals surface area contributed by atoms with Crippen LogP contribution in [0.25, 0.3) is 10.2 Å². The van der Waals surface area contributed by atoms with Crippen LogP contribution in [0.15, 0.2) is 29.1 Å². The zero-order valence-electron chi connectivity index (χ0n) is 13.2. The van der Waals surface area contributed by atoms with E-state index in [4.69, 9.17) is 22.4 Å². The Bertz CT molecular complexity index is 979. The maximum Gasteiger partial charge on any atom is 0.372 e. The van der Waals surface area contributed by atoms with Crippen molar-refractivity contribution in [2.24, 2.45) is 5.73 Å². The average molecular weight is 378 g/mol. The largest absolute Gasteiger partial charge is 0.475 e. The monoisotopic (exact) mass is 377 g/mol. The second-order valence-corrected chi connectivity index (χ2v) is 7.11. The van der Waals surface area contributed by atoms with Gasteiger partial charge in [-0.05, 0) is 42.5 Å². The van der Waals surface area contributed by atoms with Crippen LogP contribution in [-0.4, -0.2) is 21.0 Å². The fourth-order valence-electron chi connectivity index (χ4n) is 2.72. The molecule has 6 nitrogen and oxygen atoms in total. The molecule has 1 aliphatic rings. The summed E-state index contributed by atoms with van der Waals surface area (Å²) >= 11 is 7.07.